The Labute approximate surface area is 99.9 Å². The molecule has 96 valence electrons. The summed E-state index contributed by atoms with van der Waals surface area (Å²) in [4.78, 5) is 0. The second kappa shape index (κ2) is 8.97. The monoisotopic (exact) mass is 229 g/mol. The van der Waals surface area contributed by atoms with Gasteiger partial charge in [-0.25, -0.2) is 0 Å². The van der Waals surface area contributed by atoms with E-state index in [-0.39, 0.29) is 0 Å². The Morgan fingerprint density at radius 2 is 2.12 bits per heavy atom. The van der Waals surface area contributed by atoms with Crippen LogP contribution in [0.1, 0.15) is 39.0 Å². The van der Waals surface area contributed by atoms with Crippen LogP contribution in [0.4, 0.5) is 0 Å². The van der Waals surface area contributed by atoms with Crippen molar-refractivity contribution in [1.29, 1.82) is 0 Å². The zero-order valence-corrected chi connectivity index (χ0v) is 10.8. The molecule has 0 aliphatic heterocycles. The highest BCUT2D eigenvalue weighted by atomic mass is 16.5. The van der Waals surface area contributed by atoms with Crippen molar-refractivity contribution >= 4 is 0 Å². The van der Waals surface area contributed by atoms with Crippen LogP contribution in [-0.4, -0.2) is 39.5 Å². The molecule has 3 heteroatoms. The van der Waals surface area contributed by atoms with Gasteiger partial charge in [-0.2, -0.15) is 0 Å². The smallest absolute Gasteiger partial charge is 0.0701 e. The normalized spacial score (nSPS) is 17.6. The molecule has 16 heavy (non-hydrogen) atoms. The SMILES string of the molecule is CCCNC(CCC1CC1)COCCOC. The van der Waals surface area contributed by atoms with Crippen molar-refractivity contribution < 1.29 is 9.47 Å². The van der Waals surface area contributed by atoms with E-state index in [0.717, 1.165) is 19.1 Å². The van der Waals surface area contributed by atoms with E-state index in [2.05, 4.69) is 12.2 Å². The van der Waals surface area contributed by atoms with Gasteiger partial charge < -0.3 is 14.8 Å². The van der Waals surface area contributed by atoms with Gasteiger partial charge in [0.15, 0.2) is 0 Å². The van der Waals surface area contributed by atoms with Crippen LogP contribution in [0.15, 0.2) is 0 Å². The van der Waals surface area contributed by atoms with E-state index in [1.165, 1.54) is 32.1 Å². The third-order valence-electron chi connectivity index (χ3n) is 3.05. The van der Waals surface area contributed by atoms with Crippen molar-refractivity contribution in [3.63, 3.8) is 0 Å². The van der Waals surface area contributed by atoms with E-state index in [0.29, 0.717) is 19.3 Å². The number of hydrogen-bond donors (Lipinski definition) is 1. The van der Waals surface area contributed by atoms with Gasteiger partial charge in [0.05, 0.1) is 19.8 Å². The van der Waals surface area contributed by atoms with E-state index >= 15 is 0 Å². The van der Waals surface area contributed by atoms with Gasteiger partial charge in [-0.3, -0.25) is 0 Å². The Balaban J connectivity index is 2.03. The van der Waals surface area contributed by atoms with E-state index < -0.39 is 0 Å². The first-order valence-corrected chi connectivity index (χ1v) is 6.66. The van der Waals surface area contributed by atoms with Crippen LogP contribution >= 0.6 is 0 Å². The summed E-state index contributed by atoms with van der Waals surface area (Å²) in [5.74, 6) is 1.02. The fraction of sp³-hybridized carbons (Fsp3) is 1.00. The van der Waals surface area contributed by atoms with Gasteiger partial charge in [-0.05, 0) is 31.7 Å². The summed E-state index contributed by atoms with van der Waals surface area (Å²) in [6.45, 7) is 5.54. The van der Waals surface area contributed by atoms with Crippen LogP contribution in [0.5, 0.6) is 0 Å². The minimum absolute atomic E-state index is 0.539. The number of methoxy groups -OCH3 is 1. The van der Waals surface area contributed by atoms with Gasteiger partial charge in [0.25, 0.3) is 0 Å². The Morgan fingerprint density at radius 3 is 2.75 bits per heavy atom. The van der Waals surface area contributed by atoms with Crippen molar-refractivity contribution in [2.75, 3.05) is 33.5 Å². The molecule has 0 amide bonds. The van der Waals surface area contributed by atoms with E-state index in [1.54, 1.807) is 7.11 Å². The summed E-state index contributed by atoms with van der Waals surface area (Å²) in [6, 6.07) is 0.539. The minimum atomic E-state index is 0.539. The van der Waals surface area contributed by atoms with Crippen LogP contribution in [0.25, 0.3) is 0 Å². The van der Waals surface area contributed by atoms with Gasteiger partial charge in [0.1, 0.15) is 0 Å². The van der Waals surface area contributed by atoms with Crippen molar-refractivity contribution in [3.05, 3.63) is 0 Å². The van der Waals surface area contributed by atoms with Crippen LogP contribution in [0.3, 0.4) is 0 Å². The molecule has 0 radical (unpaired) electrons. The molecule has 0 aromatic rings. The maximum Gasteiger partial charge on any atom is 0.0701 e. The van der Waals surface area contributed by atoms with Crippen molar-refractivity contribution in [3.8, 4) is 0 Å². The molecule has 1 saturated carbocycles. The first-order chi connectivity index (χ1) is 7.86. The Hall–Kier alpha value is -0.120. The first kappa shape index (κ1) is 13.9. The minimum Gasteiger partial charge on any atom is -0.382 e. The third-order valence-corrected chi connectivity index (χ3v) is 3.05. The highest BCUT2D eigenvalue weighted by Crippen LogP contribution is 2.33. The molecule has 0 bridgehead atoms. The molecule has 1 rings (SSSR count). The molecule has 1 aliphatic rings. The molecule has 1 aliphatic carbocycles. The molecule has 1 unspecified atom stereocenters. The van der Waals surface area contributed by atoms with E-state index in [9.17, 15) is 0 Å². The lowest BCUT2D eigenvalue weighted by molar-refractivity contribution is 0.0570. The Kier molecular flexibility index (Phi) is 7.81. The molecule has 0 aromatic carbocycles. The largest absolute Gasteiger partial charge is 0.382 e. The number of hydrogen-bond acceptors (Lipinski definition) is 3. The fourth-order valence-corrected chi connectivity index (χ4v) is 1.80. The summed E-state index contributed by atoms with van der Waals surface area (Å²) < 4.78 is 10.6. The lowest BCUT2D eigenvalue weighted by Gasteiger charge is -2.18. The highest BCUT2D eigenvalue weighted by molar-refractivity contribution is 4.76. The molecule has 3 nitrogen and oxygen atoms in total. The first-order valence-electron chi connectivity index (χ1n) is 6.66. The lowest BCUT2D eigenvalue weighted by atomic mass is 10.1. The molecular weight excluding hydrogens is 202 g/mol. The van der Waals surface area contributed by atoms with Crippen molar-refractivity contribution in [1.82, 2.24) is 5.32 Å². The Morgan fingerprint density at radius 1 is 1.31 bits per heavy atom. The average Bonchev–Trinajstić information content (AvgIpc) is 3.11. The summed E-state index contributed by atoms with van der Waals surface area (Å²) in [5.41, 5.74) is 0. The maximum absolute atomic E-state index is 5.60. The summed E-state index contributed by atoms with van der Waals surface area (Å²) >= 11 is 0. The maximum atomic E-state index is 5.60. The second-order valence-corrected chi connectivity index (χ2v) is 4.74. The third kappa shape index (κ3) is 7.20. The summed E-state index contributed by atoms with van der Waals surface area (Å²) in [5, 5.41) is 3.56. The highest BCUT2D eigenvalue weighted by Gasteiger charge is 2.22. The molecule has 1 fully saturated rings. The van der Waals surface area contributed by atoms with Crippen LogP contribution in [-0.2, 0) is 9.47 Å². The zero-order valence-electron chi connectivity index (χ0n) is 10.8. The van der Waals surface area contributed by atoms with Crippen LogP contribution in [0.2, 0.25) is 0 Å². The Bertz CT molecular complexity index is 160. The van der Waals surface area contributed by atoms with Crippen molar-refractivity contribution in [2.45, 2.75) is 45.1 Å². The van der Waals surface area contributed by atoms with E-state index in [4.69, 9.17) is 9.47 Å². The molecule has 0 spiro atoms. The topological polar surface area (TPSA) is 30.5 Å². The number of nitrogens with one attached hydrogen (secondary N) is 1. The molecule has 0 heterocycles. The van der Waals surface area contributed by atoms with Gasteiger partial charge in [-0.15, -0.1) is 0 Å². The fourth-order valence-electron chi connectivity index (χ4n) is 1.80. The van der Waals surface area contributed by atoms with Gasteiger partial charge in [-0.1, -0.05) is 19.8 Å². The number of rotatable bonds is 11. The predicted molar refractivity (Wildman–Crippen MR) is 66.7 cm³/mol. The average molecular weight is 229 g/mol. The molecular formula is C13H27NO2. The van der Waals surface area contributed by atoms with Crippen LogP contribution in [0, 0.1) is 5.92 Å². The van der Waals surface area contributed by atoms with Gasteiger partial charge in [0, 0.05) is 13.2 Å². The predicted octanol–water partition coefficient (Wildman–Crippen LogP) is 2.21. The molecule has 1 atom stereocenters. The molecule has 0 saturated heterocycles. The molecule has 1 N–H and O–H groups in total. The van der Waals surface area contributed by atoms with E-state index in [1.807, 2.05) is 0 Å². The molecule has 0 aromatic heterocycles. The standard InChI is InChI=1S/C13H27NO2/c1-3-8-14-13(7-6-12-4-5-12)11-16-10-9-15-2/h12-14H,3-11H2,1-2H3. The van der Waals surface area contributed by atoms with Gasteiger partial charge >= 0.3 is 0 Å². The van der Waals surface area contributed by atoms with Crippen LogP contribution < -0.4 is 5.32 Å². The number of ether oxygens (including phenoxy) is 2. The second-order valence-electron chi connectivity index (χ2n) is 4.74. The lowest BCUT2D eigenvalue weighted by Crippen LogP contribution is -2.34. The summed E-state index contributed by atoms with van der Waals surface area (Å²) in [7, 11) is 1.71. The summed E-state index contributed by atoms with van der Waals surface area (Å²) in [6.07, 6.45) is 6.72. The van der Waals surface area contributed by atoms with Crippen molar-refractivity contribution in [2.24, 2.45) is 5.92 Å². The van der Waals surface area contributed by atoms with Gasteiger partial charge in [0.2, 0.25) is 0 Å². The quantitative estimate of drug-likeness (QED) is 0.551. The zero-order chi connectivity index (χ0) is 11.6.